The zero-order chi connectivity index (χ0) is 28.8. The highest BCUT2D eigenvalue weighted by Gasteiger charge is 2.30. The van der Waals surface area contributed by atoms with Gasteiger partial charge < -0.3 is 9.88 Å². The number of anilines is 1. The summed E-state index contributed by atoms with van der Waals surface area (Å²) < 4.78 is 27.9. The number of aryl methyl sites for hydroxylation is 2. The van der Waals surface area contributed by atoms with E-state index < -0.39 is 10.0 Å². The van der Waals surface area contributed by atoms with Gasteiger partial charge in [-0.05, 0) is 49.1 Å². The first-order valence-electron chi connectivity index (χ1n) is 12.5. The maximum absolute atomic E-state index is 13.0. The molecule has 0 fully saturated rings. The van der Waals surface area contributed by atoms with Crippen LogP contribution >= 0.6 is 11.3 Å². The van der Waals surface area contributed by atoms with Crippen LogP contribution in [0.5, 0.6) is 0 Å². The SMILES string of the molecule is C#C.CC.Cc1cccc(C)c1.N#Cc1ccc2c(c1)CN(S(=O)(=O)c1cccs1)CCN2Cc1cnc[nH]1. The summed E-state index contributed by atoms with van der Waals surface area (Å²) in [6.45, 7) is 9.95. The standard InChI is InChI=1S/C18H17N5O2S2.C8H10.C2H6.C2H2/c19-9-14-3-4-17-15(8-14)11-23(27(24,25)18-2-1-7-26-18)6-5-22(17)12-16-10-20-13-21-16;1-7-4-3-5-8(2)6-7;2*1-2/h1-4,7-8,10,13H,5-6,11-12H2,(H,20,21);3-6H,1-2H3;1-2H3;1-2H. The van der Waals surface area contributed by atoms with Gasteiger partial charge in [0.25, 0.3) is 10.0 Å². The molecule has 7 nitrogen and oxygen atoms in total. The maximum Gasteiger partial charge on any atom is 0.252 e. The van der Waals surface area contributed by atoms with Crippen LogP contribution in [-0.4, -0.2) is 35.8 Å². The van der Waals surface area contributed by atoms with Gasteiger partial charge in [-0.2, -0.15) is 9.57 Å². The zero-order valence-corrected chi connectivity index (χ0v) is 24.5. The number of terminal acetylenes is 1. The zero-order valence-electron chi connectivity index (χ0n) is 22.8. The molecule has 9 heteroatoms. The third kappa shape index (κ3) is 8.56. The Morgan fingerprint density at radius 2 is 1.77 bits per heavy atom. The van der Waals surface area contributed by atoms with Crippen molar-refractivity contribution < 1.29 is 8.42 Å². The molecule has 0 atom stereocenters. The van der Waals surface area contributed by atoms with E-state index in [4.69, 9.17) is 0 Å². The Balaban J connectivity index is 0.000000375. The number of hydrogen-bond donors (Lipinski definition) is 1. The van der Waals surface area contributed by atoms with Gasteiger partial charge in [0, 0.05) is 31.5 Å². The highest BCUT2D eigenvalue weighted by Crippen LogP contribution is 2.31. The first-order valence-corrected chi connectivity index (χ1v) is 14.8. The van der Waals surface area contributed by atoms with Crippen molar-refractivity contribution in [2.45, 2.75) is 45.0 Å². The molecule has 3 heterocycles. The number of fused-ring (bicyclic) bond motifs is 1. The van der Waals surface area contributed by atoms with E-state index in [0.29, 0.717) is 29.4 Å². The van der Waals surface area contributed by atoms with Gasteiger partial charge in [0.1, 0.15) is 4.21 Å². The second kappa shape index (κ2) is 15.5. The number of hydrogen-bond acceptors (Lipinski definition) is 6. The van der Waals surface area contributed by atoms with Gasteiger partial charge in [0.15, 0.2) is 0 Å². The lowest BCUT2D eigenvalue weighted by Crippen LogP contribution is -2.35. The van der Waals surface area contributed by atoms with Crippen LogP contribution in [0.25, 0.3) is 0 Å². The summed E-state index contributed by atoms with van der Waals surface area (Å²) in [5.41, 5.74) is 5.90. The van der Waals surface area contributed by atoms with Crippen molar-refractivity contribution in [3.63, 3.8) is 0 Å². The number of aromatic nitrogens is 2. The summed E-state index contributed by atoms with van der Waals surface area (Å²) in [4.78, 5) is 9.26. The molecule has 0 radical (unpaired) electrons. The van der Waals surface area contributed by atoms with E-state index in [1.54, 1.807) is 42.2 Å². The first kappa shape index (κ1) is 31.3. The molecule has 204 valence electrons. The molecule has 0 unspecified atom stereocenters. The Labute approximate surface area is 236 Å². The molecule has 0 amide bonds. The molecule has 0 spiro atoms. The fourth-order valence-electron chi connectivity index (χ4n) is 4.00. The molecule has 1 N–H and O–H groups in total. The minimum absolute atomic E-state index is 0.241. The molecule has 1 aliphatic heterocycles. The molecule has 5 rings (SSSR count). The lowest BCUT2D eigenvalue weighted by Gasteiger charge is -2.24. The fraction of sp³-hybridized carbons (Fsp3) is 0.267. The van der Waals surface area contributed by atoms with Gasteiger partial charge in [0.2, 0.25) is 0 Å². The highest BCUT2D eigenvalue weighted by molar-refractivity contribution is 7.91. The van der Waals surface area contributed by atoms with Crippen molar-refractivity contribution in [3.05, 3.63) is 100 Å². The van der Waals surface area contributed by atoms with Crippen LogP contribution in [0.3, 0.4) is 0 Å². The summed E-state index contributed by atoms with van der Waals surface area (Å²) in [6.07, 6.45) is 11.4. The first-order chi connectivity index (χ1) is 18.9. The molecule has 2 aromatic carbocycles. The highest BCUT2D eigenvalue weighted by atomic mass is 32.2. The topological polar surface area (TPSA) is 93.1 Å². The number of nitrogens with one attached hydrogen (secondary N) is 1. The van der Waals surface area contributed by atoms with Crippen LogP contribution < -0.4 is 4.90 Å². The molecule has 0 bridgehead atoms. The van der Waals surface area contributed by atoms with E-state index in [2.05, 4.69) is 71.9 Å². The Kier molecular flexibility index (Phi) is 12.5. The number of aromatic amines is 1. The largest absolute Gasteiger partial charge is 0.364 e. The van der Waals surface area contributed by atoms with Crippen LogP contribution in [0, 0.1) is 38.0 Å². The number of nitrogens with zero attached hydrogens (tertiary/aromatic N) is 4. The number of rotatable bonds is 4. The summed E-state index contributed by atoms with van der Waals surface area (Å²) in [6, 6.07) is 19.4. The minimum Gasteiger partial charge on any atom is -0.364 e. The second-order valence-electron chi connectivity index (χ2n) is 8.38. The Morgan fingerprint density at radius 3 is 2.31 bits per heavy atom. The molecule has 4 aromatic rings. The summed E-state index contributed by atoms with van der Waals surface area (Å²) in [5, 5.41) is 11.0. The van der Waals surface area contributed by atoms with E-state index in [0.717, 1.165) is 16.9 Å². The smallest absolute Gasteiger partial charge is 0.252 e. The normalized spacial score (nSPS) is 12.6. The van der Waals surface area contributed by atoms with Crippen molar-refractivity contribution in [3.8, 4) is 18.9 Å². The van der Waals surface area contributed by atoms with Gasteiger partial charge in [-0.25, -0.2) is 13.4 Å². The average molecular weight is 562 g/mol. The predicted molar refractivity (Wildman–Crippen MR) is 160 cm³/mol. The Hall–Kier alpha value is -3.89. The van der Waals surface area contributed by atoms with Gasteiger partial charge in [-0.15, -0.1) is 24.2 Å². The number of imidazole rings is 1. The minimum atomic E-state index is -3.57. The van der Waals surface area contributed by atoms with Crippen molar-refractivity contribution in [2.24, 2.45) is 0 Å². The molecule has 0 aliphatic carbocycles. The van der Waals surface area contributed by atoms with Crippen LogP contribution in [-0.2, 0) is 23.1 Å². The lowest BCUT2D eigenvalue weighted by molar-refractivity contribution is 0.419. The van der Waals surface area contributed by atoms with E-state index >= 15 is 0 Å². The Bertz CT molecular complexity index is 1440. The van der Waals surface area contributed by atoms with Crippen molar-refractivity contribution >= 4 is 27.0 Å². The number of sulfonamides is 1. The third-order valence-corrected chi connectivity index (χ3v) is 8.91. The number of H-pyrrole nitrogens is 1. The van der Waals surface area contributed by atoms with Gasteiger partial charge in [-0.3, -0.25) is 0 Å². The van der Waals surface area contributed by atoms with Crippen LogP contribution in [0.2, 0.25) is 0 Å². The number of benzene rings is 2. The molecular weight excluding hydrogens is 526 g/mol. The lowest BCUT2D eigenvalue weighted by atomic mass is 10.1. The van der Waals surface area contributed by atoms with Crippen molar-refractivity contribution in [2.75, 3.05) is 18.0 Å². The quantitative estimate of drug-likeness (QED) is 0.303. The monoisotopic (exact) mass is 561 g/mol. The van der Waals surface area contributed by atoms with E-state index in [1.165, 1.54) is 26.8 Å². The molecular formula is C30H35N5O2S2. The van der Waals surface area contributed by atoms with Gasteiger partial charge in [0.05, 0.1) is 30.2 Å². The second-order valence-corrected chi connectivity index (χ2v) is 11.5. The molecule has 0 saturated carbocycles. The Morgan fingerprint density at radius 1 is 1.05 bits per heavy atom. The maximum atomic E-state index is 13.0. The van der Waals surface area contributed by atoms with Crippen LogP contribution in [0.15, 0.2) is 76.7 Å². The number of nitriles is 1. The molecule has 1 aliphatic rings. The van der Waals surface area contributed by atoms with E-state index in [9.17, 15) is 13.7 Å². The summed E-state index contributed by atoms with van der Waals surface area (Å²) in [7, 11) is -3.57. The summed E-state index contributed by atoms with van der Waals surface area (Å²) in [5.74, 6) is 0. The van der Waals surface area contributed by atoms with Gasteiger partial charge in [-0.1, -0.05) is 55.3 Å². The molecule has 39 heavy (non-hydrogen) atoms. The average Bonchev–Trinajstić information content (AvgIpc) is 3.65. The van der Waals surface area contributed by atoms with Crippen LogP contribution in [0.1, 0.15) is 41.8 Å². The third-order valence-electron chi connectivity index (χ3n) is 5.69. The van der Waals surface area contributed by atoms with Crippen molar-refractivity contribution in [1.82, 2.24) is 14.3 Å². The van der Waals surface area contributed by atoms with E-state index in [1.807, 2.05) is 19.9 Å². The molecule has 0 saturated heterocycles. The molecule has 2 aromatic heterocycles. The summed E-state index contributed by atoms with van der Waals surface area (Å²) >= 11 is 1.22. The predicted octanol–water partition coefficient (Wildman–Crippen LogP) is 6.13. The van der Waals surface area contributed by atoms with E-state index in [-0.39, 0.29) is 6.54 Å². The number of thiophene rings is 1. The van der Waals surface area contributed by atoms with Crippen molar-refractivity contribution in [1.29, 1.82) is 5.26 Å². The fourth-order valence-corrected chi connectivity index (χ4v) is 6.56. The van der Waals surface area contributed by atoms with Gasteiger partial charge >= 0.3 is 0 Å². The van der Waals surface area contributed by atoms with Crippen LogP contribution in [0.4, 0.5) is 5.69 Å².